The summed E-state index contributed by atoms with van der Waals surface area (Å²) >= 11 is 3.47. The molecule has 5 rings (SSSR count). The molecule has 0 atom stereocenters. The third kappa shape index (κ3) is 4.01. The predicted molar refractivity (Wildman–Crippen MR) is 130 cm³/mol. The summed E-state index contributed by atoms with van der Waals surface area (Å²) in [6.07, 6.45) is 2.46. The molecule has 6 nitrogen and oxygen atoms in total. The van der Waals surface area contributed by atoms with Crippen LogP contribution in [0.1, 0.15) is 12.8 Å². The SMILES string of the molecule is NC(=O)C1(C(=O)N(c2ccc(F)cc2)c2ccc(Oc3ccnc4ccc(Br)cc34)cc2)CC1. The largest absolute Gasteiger partial charge is 0.457 e. The second-order valence-electron chi connectivity index (χ2n) is 8.13. The van der Waals surface area contributed by atoms with Gasteiger partial charge in [-0.3, -0.25) is 19.5 Å². The van der Waals surface area contributed by atoms with Crippen LogP contribution in [0, 0.1) is 11.2 Å². The number of hydrogen-bond acceptors (Lipinski definition) is 4. The summed E-state index contributed by atoms with van der Waals surface area (Å²) in [6.45, 7) is 0. The van der Waals surface area contributed by atoms with E-state index in [4.69, 9.17) is 10.5 Å². The van der Waals surface area contributed by atoms with Crippen LogP contribution in [0.2, 0.25) is 0 Å². The fraction of sp³-hybridized carbons (Fsp3) is 0.115. The van der Waals surface area contributed by atoms with E-state index in [9.17, 15) is 14.0 Å². The van der Waals surface area contributed by atoms with Crippen molar-refractivity contribution < 1.29 is 18.7 Å². The number of carbonyl (C=O) groups is 2. The van der Waals surface area contributed by atoms with Crippen LogP contribution in [0.4, 0.5) is 15.8 Å². The van der Waals surface area contributed by atoms with Crippen LogP contribution in [0.25, 0.3) is 10.9 Å². The van der Waals surface area contributed by atoms with Crippen LogP contribution in [0.15, 0.2) is 83.5 Å². The summed E-state index contributed by atoms with van der Waals surface area (Å²) in [5.41, 5.74) is 6.07. The lowest BCUT2D eigenvalue weighted by Gasteiger charge is -2.26. The van der Waals surface area contributed by atoms with Gasteiger partial charge >= 0.3 is 0 Å². The number of nitrogens with two attached hydrogens (primary N) is 1. The molecular weight excluding hydrogens is 501 g/mol. The van der Waals surface area contributed by atoms with Gasteiger partial charge in [-0.2, -0.15) is 0 Å². The number of amides is 2. The average Bonchev–Trinajstić information content (AvgIpc) is 3.64. The molecule has 0 spiro atoms. The highest BCUT2D eigenvalue weighted by molar-refractivity contribution is 9.10. The third-order valence-electron chi connectivity index (χ3n) is 5.91. The first-order chi connectivity index (χ1) is 16.4. The number of anilines is 2. The van der Waals surface area contributed by atoms with Crippen LogP contribution in [-0.4, -0.2) is 16.8 Å². The van der Waals surface area contributed by atoms with Crippen molar-refractivity contribution in [1.82, 2.24) is 4.98 Å². The zero-order valence-electron chi connectivity index (χ0n) is 17.9. The number of nitrogens with zero attached hydrogens (tertiary/aromatic N) is 2. The summed E-state index contributed by atoms with van der Waals surface area (Å²) in [5.74, 6) is -0.312. The van der Waals surface area contributed by atoms with Gasteiger partial charge in [0.25, 0.3) is 0 Å². The maximum absolute atomic E-state index is 13.5. The molecule has 0 saturated heterocycles. The average molecular weight is 520 g/mol. The van der Waals surface area contributed by atoms with Crippen molar-refractivity contribution >= 4 is 50.0 Å². The molecule has 1 aliphatic carbocycles. The van der Waals surface area contributed by atoms with Crippen LogP contribution in [-0.2, 0) is 9.59 Å². The smallest absolute Gasteiger partial charge is 0.247 e. The van der Waals surface area contributed by atoms with Crippen molar-refractivity contribution in [2.24, 2.45) is 11.1 Å². The van der Waals surface area contributed by atoms with Gasteiger partial charge in [0.2, 0.25) is 11.8 Å². The molecule has 0 bridgehead atoms. The summed E-state index contributed by atoms with van der Waals surface area (Å²) < 4.78 is 20.5. The van der Waals surface area contributed by atoms with E-state index >= 15 is 0 Å². The van der Waals surface area contributed by atoms with Crippen molar-refractivity contribution in [3.8, 4) is 11.5 Å². The van der Waals surface area contributed by atoms with Gasteiger partial charge in [-0.15, -0.1) is 0 Å². The maximum Gasteiger partial charge on any atom is 0.247 e. The van der Waals surface area contributed by atoms with Gasteiger partial charge in [-0.05, 0) is 85.6 Å². The lowest BCUT2D eigenvalue weighted by atomic mass is 10.0. The Morgan fingerprint density at radius 3 is 2.24 bits per heavy atom. The van der Waals surface area contributed by atoms with Crippen molar-refractivity contribution in [3.63, 3.8) is 0 Å². The van der Waals surface area contributed by atoms with Gasteiger partial charge in [0.15, 0.2) is 0 Å². The van der Waals surface area contributed by atoms with Crippen LogP contribution >= 0.6 is 15.9 Å². The Hall–Kier alpha value is -3.78. The Morgan fingerprint density at radius 2 is 1.62 bits per heavy atom. The van der Waals surface area contributed by atoms with Gasteiger partial charge in [0.1, 0.15) is 22.7 Å². The third-order valence-corrected chi connectivity index (χ3v) is 6.40. The Morgan fingerprint density at radius 1 is 0.971 bits per heavy atom. The molecule has 8 heteroatoms. The molecule has 2 amide bonds. The molecule has 170 valence electrons. The highest BCUT2D eigenvalue weighted by Crippen LogP contribution is 2.49. The molecule has 2 N–H and O–H groups in total. The van der Waals surface area contributed by atoms with E-state index < -0.39 is 23.0 Å². The molecule has 4 aromatic rings. The molecular formula is C26H19BrFN3O3. The van der Waals surface area contributed by atoms with Crippen molar-refractivity contribution in [1.29, 1.82) is 0 Å². The van der Waals surface area contributed by atoms with E-state index in [1.54, 1.807) is 36.5 Å². The number of primary amides is 1. The summed E-state index contributed by atoms with van der Waals surface area (Å²) in [5, 5.41) is 0.848. The van der Waals surface area contributed by atoms with Crippen LogP contribution < -0.4 is 15.4 Å². The minimum Gasteiger partial charge on any atom is -0.457 e. The number of fused-ring (bicyclic) bond motifs is 1. The van der Waals surface area contributed by atoms with Gasteiger partial charge in [0, 0.05) is 27.4 Å². The fourth-order valence-electron chi connectivity index (χ4n) is 3.85. The molecule has 1 heterocycles. The first-order valence-corrected chi connectivity index (χ1v) is 11.4. The van der Waals surface area contributed by atoms with Crippen molar-refractivity contribution in [2.45, 2.75) is 12.8 Å². The Balaban J connectivity index is 1.48. The van der Waals surface area contributed by atoms with E-state index in [0.29, 0.717) is 35.7 Å². The minimum atomic E-state index is -1.23. The van der Waals surface area contributed by atoms with E-state index in [2.05, 4.69) is 20.9 Å². The quantitative estimate of drug-likeness (QED) is 0.323. The summed E-state index contributed by atoms with van der Waals surface area (Å²) in [6, 6.07) is 19.9. The van der Waals surface area contributed by atoms with Gasteiger partial charge in [0.05, 0.1) is 5.52 Å². The Labute approximate surface area is 203 Å². The van der Waals surface area contributed by atoms with E-state index in [-0.39, 0.29) is 0 Å². The highest BCUT2D eigenvalue weighted by Gasteiger charge is 2.57. The normalized spacial score (nSPS) is 13.9. The van der Waals surface area contributed by atoms with Gasteiger partial charge < -0.3 is 10.5 Å². The van der Waals surface area contributed by atoms with Crippen LogP contribution in [0.5, 0.6) is 11.5 Å². The van der Waals surface area contributed by atoms with Crippen LogP contribution in [0.3, 0.4) is 0 Å². The molecule has 1 saturated carbocycles. The minimum absolute atomic E-state index is 0.394. The Bertz CT molecular complexity index is 1400. The van der Waals surface area contributed by atoms with E-state index in [0.717, 1.165) is 15.4 Å². The second-order valence-corrected chi connectivity index (χ2v) is 9.05. The zero-order valence-corrected chi connectivity index (χ0v) is 19.5. The maximum atomic E-state index is 13.5. The molecule has 3 aromatic carbocycles. The van der Waals surface area contributed by atoms with E-state index in [1.165, 1.54) is 29.2 Å². The van der Waals surface area contributed by atoms with E-state index in [1.807, 2.05) is 18.2 Å². The Kier molecular flexibility index (Phi) is 5.53. The number of benzene rings is 3. The number of hydrogen-bond donors (Lipinski definition) is 1. The topological polar surface area (TPSA) is 85.5 Å². The lowest BCUT2D eigenvalue weighted by Crippen LogP contribution is -2.41. The summed E-state index contributed by atoms with van der Waals surface area (Å²) in [4.78, 5) is 31.2. The highest BCUT2D eigenvalue weighted by atomic mass is 79.9. The number of aromatic nitrogens is 1. The van der Waals surface area contributed by atoms with Crippen molar-refractivity contribution in [3.05, 3.63) is 89.3 Å². The zero-order chi connectivity index (χ0) is 23.9. The molecule has 0 aliphatic heterocycles. The van der Waals surface area contributed by atoms with Gasteiger partial charge in [-0.25, -0.2) is 4.39 Å². The molecule has 1 aromatic heterocycles. The molecule has 0 unspecified atom stereocenters. The molecule has 0 radical (unpaired) electrons. The standard InChI is InChI=1S/C26H19BrFN3O3/c27-16-1-10-22-21(15-16)23(11-14-30-22)34-20-8-6-19(7-9-20)31(18-4-2-17(28)3-5-18)25(33)26(12-13-26)24(29)32/h1-11,14-15H,12-13H2,(H2,29,32). The van der Waals surface area contributed by atoms with Crippen molar-refractivity contribution in [2.75, 3.05) is 4.90 Å². The second kappa shape index (κ2) is 8.53. The molecule has 1 fully saturated rings. The lowest BCUT2D eigenvalue weighted by molar-refractivity contribution is -0.133. The number of carbonyl (C=O) groups excluding carboxylic acids is 2. The fourth-order valence-corrected chi connectivity index (χ4v) is 4.21. The monoisotopic (exact) mass is 519 g/mol. The summed E-state index contributed by atoms with van der Waals surface area (Å²) in [7, 11) is 0. The number of halogens is 2. The number of pyridine rings is 1. The first kappa shape index (κ1) is 22.0. The number of ether oxygens (including phenoxy) is 1. The van der Waals surface area contributed by atoms with Gasteiger partial charge in [-0.1, -0.05) is 15.9 Å². The molecule has 34 heavy (non-hydrogen) atoms. The predicted octanol–water partition coefficient (Wildman–Crippen LogP) is 5.86. The molecule has 1 aliphatic rings. The number of rotatable bonds is 6. The first-order valence-electron chi connectivity index (χ1n) is 10.6.